The van der Waals surface area contributed by atoms with E-state index in [9.17, 15) is 14.7 Å². The normalized spacial score (nSPS) is 32.1. The average molecular weight is 282 g/mol. The molecule has 20 heavy (non-hydrogen) atoms. The minimum atomic E-state index is -0.803. The molecule has 1 N–H and O–H groups in total. The van der Waals surface area contributed by atoms with Crippen molar-refractivity contribution in [2.75, 3.05) is 26.2 Å². The smallest absolute Gasteiger partial charge is 0.307 e. The maximum Gasteiger partial charge on any atom is 0.307 e. The van der Waals surface area contributed by atoms with Gasteiger partial charge in [0.15, 0.2) is 0 Å². The van der Waals surface area contributed by atoms with E-state index in [0.29, 0.717) is 12.5 Å². The molecule has 1 saturated heterocycles. The third kappa shape index (κ3) is 3.14. The highest BCUT2D eigenvalue weighted by atomic mass is 16.4. The first-order chi connectivity index (χ1) is 9.54. The van der Waals surface area contributed by atoms with Crippen LogP contribution in [0.25, 0.3) is 0 Å². The number of hydrogen-bond donors (Lipinski definition) is 1. The predicted octanol–water partition coefficient (Wildman–Crippen LogP) is 1.43. The van der Waals surface area contributed by atoms with Gasteiger partial charge < -0.3 is 10.0 Å². The highest BCUT2D eigenvalue weighted by Crippen LogP contribution is 2.32. The van der Waals surface area contributed by atoms with E-state index in [0.717, 1.165) is 45.4 Å². The number of carboxylic acid groups (broad SMARTS) is 1. The molecule has 0 aromatic carbocycles. The summed E-state index contributed by atoms with van der Waals surface area (Å²) in [6.45, 7) is 7.64. The van der Waals surface area contributed by atoms with Crippen molar-refractivity contribution in [2.45, 2.75) is 45.6 Å². The highest BCUT2D eigenvalue weighted by molar-refractivity contribution is 5.85. The Hall–Kier alpha value is -1.10. The number of likely N-dealkylation sites (N-methyl/N-ethyl adjacent to an activating group) is 1. The summed E-state index contributed by atoms with van der Waals surface area (Å²) >= 11 is 0. The number of carboxylic acids is 1. The molecule has 1 saturated carbocycles. The number of hydrogen-bond acceptors (Lipinski definition) is 3. The lowest BCUT2D eigenvalue weighted by atomic mass is 9.78. The first-order valence-electron chi connectivity index (χ1n) is 7.80. The summed E-state index contributed by atoms with van der Waals surface area (Å²) in [6, 6.07) is 0.365. The summed E-state index contributed by atoms with van der Waals surface area (Å²) in [5.41, 5.74) is 0. The van der Waals surface area contributed by atoms with E-state index in [2.05, 4.69) is 18.7 Å². The molecule has 1 amide bonds. The molecule has 3 atom stereocenters. The molecule has 114 valence electrons. The van der Waals surface area contributed by atoms with Crippen LogP contribution in [0.4, 0.5) is 0 Å². The highest BCUT2D eigenvalue weighted by Gasteiger charge is 2.39. The summed E-state index contributed by atoms with van der Waals surface area (Å²) in [5, 5.41) is 9.31. The monoisotopic (exact) mass is 282 g/mol. The Morgan fingerprint density at radius 1 is 1.15 bits per heavy atom. The fraction of sp³-hybridized carbons (Fsp3) is 0.867. The summed E-state index contributed by atoms with van der Waals surface area (Å²) in [4.78, 5) is 28.2. The van der Waals surface area contributed by atoms with Gasteiger partial charge in [0.25, 0.3) is 0 Å². The quantitative estimate of drug-likeness (QED) is 0.850. The van der Waals surface area contributed by atoms with Gasteiger partial charge in [-0.15, -0.1) is 0 Å². The van der Waals surface area contributed by atoms with Crippen LogP contribution in [0, 0.1) is 11.8 Å². The van der Waals surface area contributed by atoms with Crippen molar-refractivity contribution in [3.8, 4) is 0 Å². The maximum atomic E-state index is 12.7. The second-order valence-electron chi connectivity index (χ2n) is 6.10. The van der Waals surface area contributed by atoms with Crippen molar-refractivity contribution in [3.05, 3.63) is 0 Å². The standard InChI is InChI=1S/C15H26N2O3/c1-3-16-8-9-17(10-11(16)2)14(18)12-6-4-5-7-13(12)15(19)20/h11-13H,3-10H2,1-2H3,(H,19,20)/t11?,12-,13+/m1/s1. The van der Waals surface area contributed by atoms with Gasteiger partial charge in [0.2, 0.25) is 5.91 Å². The second-order valence-corrected chi connectivity index (χ2v) is 6.10. The Balaban J connectivity index is 2.01. The van der Waals surface area contributed by atoms with Crippen molar-refractivity contribution >= 4 is 11.9 Å². The molecule has 2 fully saturated rings. The third-order valence-electron chi connectivity index (χ3n) is 4.88. The summed E-state index contributed by atoms with van der Waals surface area (Å²) < 4.78 is 0. The lowest BCUT2D eigenvalue weighted by Gasteiger charge is -2.41. The number of amides is 1. The van der Waals surface area contributed by atoms with Crippen LogP contribution in [0.3, 0.4) is 0 Å². The Kier molecular flexibility index (Phi) is 5.02. The van der Waals surface area contributed by atoms with Crippen molar-refractivity contribution in [1.29, 1.82) is 0 Å². The molecule has 2 rings (SSSR count). The minimum Gasteiger partial charge on any atom is -0.481 e. The summed E-state index contributed by atoms with van der Waals surface area (Å²) in [7, 11) is 0. The van der Waals surface area contributed by atoms with Gasteiger partial charge in [-0.2, -0.15) is 0 Å². The van der Waals surface area contributed by atoms with Gasteiger partial charge >= 0.3 is 5.97 Å². The Morgan fingerprint density at radius 3 is 2.35 bits per heavy atom. The van der Waals surface area contributed by atoms with Crippen LogP contribution < -0.4 is 0 Å². The fourth-order valence-corrected chi connectivity index (χ4v) is 3.62. The molecule has 1 aliphatic heterocycles. The van der Waals surface area contributed by atoms with Crippen LogP contribution in [-0.4, -0.2) is 59.0 Å². The van der Waals surface area contributed by atoms with Crippen LogP contribution >= 0.6 is 0 Å². The molecule has 5 nitrogen and oxygen atoms in total. The van der Waals surface area contributed by atoms with Crippen LogP contribution in [0.2, 0.25) is 0 Å². The van der Waals surface area contributed by atoms with Gasteiger partial charge in [-0.3, -0.25) is 14.5 Å². The van der Waals surface area contributed by atoms with Gasteiger partial charge in [-0.1, -0.05) is 19.8 Å². The summed E-state index contributed by atoms with van der Waals surface area (Å²) in [6.07, 6.45) is 3.29. The maximum absolute atomic E-state index is 12.7. The van der Waals surface area contributed by atoms with Crippen molar-refractivity contribution in [3.63, 3.8) is 0 Å². The molecule has 2 aliphatic rings. The Bertz CT molecular complexity index is 372. The Labute approximate surface area is 120 Å². The molecule has 5 heteroatoms. The van der Waals surface area contributed by atoms with Crippen molar-refractivity contribution < 1.29 is 14.7 Å². The zero-order valence-electron chi connectivity index (χ0n) is 12.5. The van der Waals surface area contributed by atoms with Gasteiger partial charge in [-0.05, 0) is 26.3 Å². The van der Waals surface area contributed by atoms with E-state index in [1.165, 1.54) is 0 Å². The van der Waals surface area contributed by atoms with E-state index < -0.39 is 11.9 Å². The zero-order chi connectivity index (χ0) is 14.7. The molecule has 0 aromatic rings. The van der Waals surface area contributed by atoms with Crippen LogP contribution in [0.5, 0.6) is 0 Å². The number of carbonyl (C=O) groups is 2. The lowest BCUT2D eigenvalue weighted by Crippen LogP contribution is -2.55. The molecular weight excluding hydrogens is 256 g/mol. The molecule has 0 bridgehead atoms. The molecule has 0 radical (unpaired) electrons. The van der Waals surface area contributed by atoms with E-state index >= 15 is 0 Å². The van der Waals surface area contributed by atoms with E-state index in [-0.39, 0.29) is 11.8 Å². The van der Waals surface area contributed by atoms with Crippen LogP contribution in [0.1, 0.15) is 39.5 Å². The molecular formula is C15H26N2O3. The van der Waals surface area contributed by atoms with E-state index in [1.54, 1.807) is 0 Å². The number of aliphatic carboxylic acids is 1. The zero-order valence-corrected chi connectivity index (χ0v) is 12.5. The third-order valence-corrected chi connectivity index (χ3v) is 4.88. The minimum absolute atomic E-state index is 0.0692. The van der Waals surface area contributed by atoms with Gasteiger partial charge in [0.1, 0.15) is 0 Å². The topological polar surface area (TPSA) is 60.9 Å². The second kappa shape index (κ2) is 6.57. The largest absolute Gasteiger partial charge is 0.481 e. The number of nitrogens with zero attached hydrogens (tertiary/aromatic N) is 2. The van der Waals surface area contributed by atoms with E-state index in [1.807, 2.05) is 4.90 Å². The summed E-state index contributed by atoms with van der Waals surface area (Å²) in [5.74, 6) is -1.51. The fourth-order valence-electron chi connectivity index (χ4n) is 3.62. The first-order valence-corrected chi connectivity index (χ1v) is 7.80. The average Bonchev–Trinajstić information content (AvgIpc) is 2.46. The van der Waals surface area contributed by atoms with Gasteiger partial charge in [0, 0.05) is 25.7 Å². The predicted molar refractivity (Wildman–Crippen MR) is 76.4 cm³/mol. The molecule has 0 spiro atoms. The number of piperazine rings is 1. The van der Waals surface area contributed by atoms with Crippen LogP contribution in [0.15, 0.2) is 0 Å². The van der Waals surface area contributed by atoms with E-state index in [4.69, 9.17) is 0 Å². The molecule has 1 unspecified atom stereocenters. The lowest BCUT2D eigenvalue weighted by molar-refractivity contribution is -0.153. The SMILES string of the molecule is CCN1CCN(C(=O)[C@@H]2CCCC[C@@H]2C(=O)O)CC1C. The first kappa shape index (κ1) is 15.3. The van der Waals surface area contributed by atoms with Gasteiger partial charge in [0.05, 0.1) is 11.8 Å². The molecule has 1 aliphatic carbocycles. The molecule has 1 heterocycles. The Morgan fingerprint density at radius 2 is 1.80 bits per heavy atom. The number of rotatable bonds is 3. The van der Waals surface area contributed by atoms with Crippen LogP contribution in [-0.2, 0) is 9.59 Å². The van der Waals surface area contributed by atoms with Crippen molar-refractivity contribution in [1.82, 2.24) is 9.80 Å². The van der Waals surface area contributed by atoms with Crippen molar-refractivity contribution in [2.24, 2.45) is 11.8 Å². The van der Waals surface area contributed by atoms with Gasteiger partial charge in [-0.25, -0.2) is 0 Å². The molecule has 0 aromatic heterocycles. The number of carbonyl (C=O) groups excluding carboxylic acids is 1.